The number of rotatable bonds is 6. The molecule has 1 fully saturated rings. The summed E-state index contributed by atoms with van der Waals surface area (Å²) >= 11 is 0. The first-order valence-electron chi connectivity index (χ1n) is 9.39. The van der Waals surface area contributed by atoms with Crippen molar-refractivity contribution in [3.63, 3.8) is 0 Å². The topological polar surface area (TPSA) is 133 Å². The highest BCUT2D eigenvalue weighted by Gasteiger charge is 2.58. The zero-order chi connectivity index (χ0) is 22.0. The Morgan fingerprint density at radius 1 is 0.633 bits per heavy atom. The lowest BCUT2D eigenvalue weighted by molar-refractivity contribution is -0.160. The van der Waals surface area contributed by atoms with Crippen molar-refractivity contribution in [2.24, 2.45) is 11.8 Å². The summed E-state index contributed by atoms with van der Waals surface area (Å²) in [5.74, 6) is -5.84. The van der Waals surface area contributed by atoms with Crippen LogP contribution in [0.15, 0.2) is 48.5 Å². The van der Waals surface area contributed by atoms with E-state index in [1.807, 2.05) is 0 Å². The van der Waals surface area contributed by atoms with E-state index in [0.717, 1.165) is 0 Å². The summed E-state index contributed by atoms with van der Waals surface area (Å²) in [5, 5.41) is 24.9. The van der Waals surface area contributed by atoms with Crippen LogP contribution in [0.1, 0.15) is 36.8 Å². The standard InChI is InChI=1S/C22H22N2O6/c1-11(25)23-15-7-3-13(4-8-15)17-19(21(27)28)18(20(17)22(29)30)14-5-9-16(10-6-14)24-12(2)26/h3-10,17-20H,1-2H3,(H,23,25)(H,24,26)(H,27,28)(H,29,30). The number of carbonyl (C=O) groups excluding carboxylic acids is 2. The molecule has 4 N–H and O–H groups in total. The van der Waals surface area contributed by atoms with Crippen LogP contribution >= 0.6 is 0 Å². The first-order chi connectivity index (χ1) is 14.2. The van der Waals surface area contributed by atoms with Crippen molar-refractivity contribution in [3.8, 4) is 0 Å². The predicted molar refractivity (Wildman–Crippen MR) is 109 cm³/mol. The molecule has 0 atom stereocenters. The van der Waals surface area contributed by atoms with Gasteiger partial charge >= 0.3 is 11.9 Å². The highest BCUT2D eigenvalue weighted by Crippen LogP contribution is 2.57. The van der Waals surface area contributed by atoms with E-state index in [9.17, 15) is 29.4 Å². The monoisotopic (exact) mass is 410 g/mol. The quantitative estimate of drug-likeness (QED) is 0.579. The lowest BCUT2D eigenvalue weighted by Crippen LogP contribution is -2.50. The van der Waals surface area contributed by atoms with Crippen LogP contribution in [-0.2, 0) is 19.2 Å². The van der Waals surface area contributed by atoms with Crippen LogP contribution in [0.5, 0.6) is 0 Å². The number of amides is 2. The van der Waals surface area contributed by atoms with Crippen molar-refractivity contribution in [1.29, 1.82) is 0 Å². The van der Waals surface area contributed by atoms with Crippen molar-refractivity contribution >= 4 is 35.1 Å². The molecule has 1 aliphatic rings. The van der Waals surface area contributed by atoms with Crippen molar-refractivity contribution < 1.29 is 29.4 Å². The lowest BCUT2D eigenvalue weighted by Gasteiger charge is -2.48. The molecule has 0 aliphatic heterocycles. The fraction of sp³-hybridized carbons (Fsp3) is 0.273. The van der Waals surface area contributed by atoms with E-state index < -0.39 is 35.6 Å². The second-order valence-corrected chi connectivity index (χ2v) is 7.39. The van der Waals surface area contributed by atoms with Crippen LogP contribution in [0.2, 0.25) is 0 Å². The highest BCUT2D eigenvalue weighted by atomic mass is 16.4. The number of nitrogens with one attached hydrogen (secondary N) is 2. The second kappa shape index (κ2) is 8.36. The molecule has 0 saturated heterocycles. The van der Waals surface area contributed by atoms with Gasteiger partial charge in [0.25, 0.3) is 0 Å². The molecule has 0 bridgehead atoms. The molecule has 0 heterocycles. The molecule has 1 aliphatic carbocycles. The molecule has 1 saturated carbocycles. The summed E-state index contributed by atoms with van der Waals surface area (Å²) in [6, 6.07) is 13.1. The van der Waals surface area contributed by atoms with Crippen molar-refractivity contribution in [2.45, 2.75) is 25.7 Å². The van der Waals surface area contributed by atoms with Gasteiger partial charge in [0, 0.05) is 37.1 Å². The van der Waals surface area contributed by atoms with Gasteiger partial charge in [-0.3, -0.25) is 19.2 Å². The molecule has 2 aromatic rings. The van der Waals surface area contributed by atoms with E-state index >= 15 is 0 Å². The molecule has 30 heavy (non-hydrogen) atoms. The number of carbonyl (C=O) groups is 4. The molecule has 0 aromatic heterocycles. The third-order valence-corrected chi connectivity index (χ3v) is 5.35. The fourth-order valence-electron chi connectivity index (χ4n) is 4.18. The van der Waals surface area contributed by atoms with Gasteiger partial charge in [-0.15, -0.1) is 0 Å². The van der Waals surface area contributed by atoms with Crippen molar-refractivity contribution in [3.05, 3.63) is 59.7 Å². The maximum atomic E-state index is 12.0. The molecule has 8 heteroatoms. The minimum Gasteiger partial charge on any atom is -0.481 e. The van der Waals surface area contributed by atoms with E-state index in [1.54, 1.807) is 48.5 Å². The molecule has 0 unspecified atom stereocenters. The van der Waals surface area contributed by atoms with Gasteiger partial charge in [-0.1, -0.05) is 24.3 Å². The minimum atomic E-state index is -1.07. The Labute approximate surface area is 172 Å². The maximum Gasteiger partial charge on any atom is 0.307 e. The molecule has 2 amide bonds. The molecular weight excluding hydrogens is 388 g/mol. The number of hydrogen-bond donors (Lipinski definition) is 4. The van der Waals surface area contributed by atoms with Gasteiger partial charge in [-0.05, 0) is 35.4 Å². The number of carboxylic acid groups (broad SMARTS) is 2. The van der Waals surface area contributed by atoms with Gasteiger partial charge in [0.1, 0.15) is 0 Å². The smallest absolute Gasteiger partial charge is 0.307 e. The first kappa shape index (κ1) is 21.0. The van der Waals surface area contributed by atoms with Crippen LogP contribution in [0.4, 0.5) is 11.4 Å². The molecule has 0 spiro atoms. The Morgan fingerprint density at radius 2 is 0.933 bits per heavy atom. The zero-order valence-electron chi connectivity index (χ0n) is 16.5. The third-order valence-electron chi connectivity index (χ3n) is 5.35. The summed E-state index contributed by atoms with van der Waals surface area (Å²) < 4.78 is 0. The Bertz CT molecular complexity index is 894. The number of carboxylic acids is 2. The average Bonchev–Trinajstić information content (AvgIpc) is 2.62. The fourth-order valence-corrected chi connectivity index (χ4v) is 4.18. The molecule has 3 rings (SSSR count). The van der Waals surface area contributed by atoms with E-state index in [4.69, 9.17) is 0 Å². The summed E-state index contributed by atoms with van der Waals surface area (Å²) in [5.41, 5.74) is 2.29. The van der Waals surface area contributed by atoms with Gasteiger partial charge in [0.15, 0.2) is 0 Å². The van der Waals surface area contributed by atoms with Crippen LogP contribution in [-0.4, -0.2) is 34.0 Å². The summed E-state index contributed by atoms with van der Waals surface area (Å²) in [6.45, 7) is 2.76. The molecular formula is C22H22N2O6. The van der Waals surface area contributed by atoms with Crippen LogP contribution in [0, 0.1) is 11.8 Å². The van der Waals surface area contributed by atoms with E-state index in [-0.39, 0.29) is 11.8 Å². The Kier molecular flexibility index (Phi) is 5.86. The van der Waals surface area contributed by atoms with Gasteiger partial charge in [0.05, 0.1) is 11.8 Å². The van der Waals surface area contributed by atoms with E-state index in [0.29, 0.717) is 22.5 Å². The molecule has 8 nitrogen and oxygen atoms in total. The van der Waals surface area contributed by atoms with Gasteiger partial charge in [-0.2, -0.15) is 0 Å². The predicted octanol–water partition coefficient (Wildman–Crippen LogP) is 2.89. The summed E-state index contributed by atoms with van der Waals surface area (Å²) in [4.78, 5) is 46.4. The Balaban J connectivity index is 1.92. The van der Waals surface area contributed by atoms with Gasteiger partial charge in [-0.25, -0.2) is 0 Å². The molecule has 0 radical (unpaired) electrons. The number of anilines is 2. The highest BCUT2D eigenvalue weighted by molar-refractivity contribution is 5.89. The van der Waals surface area contributed by atoms with Crippen molar-refractivity contribution in [1.82, 2.24) is 0 Å². The first-order valence-corrected chi connectivity index (χ1v) is 9.39. The lowest BCUT2D eigenvalue weighted by atomic mass is 9.52. The largest absolute Gasteiger partial charge is 0.481 e. The number of hydrogen-bond acceptors (Lipinski definition) is 4. The van der Waals surface area contributed by atoms with E-state index in [2.05, 4.69) is 10.6 Å². The SMILES string of the molecule is CC(=O)Nc1ccc(C2C(C(=O)O)C(c3ccc(NC(C)=O)cc3)C2C(=O)O)cc1. The summed E-state index contributed by atoms with van der Waals surface area (Å²) in [7, 11) is 0. The normalized spacial score (nSPS) is 22.5. The molecule has 156 valence electrons. The Morgan fingerprint density at radius 3 is 1.17 bits per heavy atom. The second-order valence-electron chi connectivity index (χ2n) is 7.39. The Hall–Kier alpha value is -3.68. The van der Waals surface area contributed by atoms with Gasteiger partial charge < -0.3 is 20.8 Å². The third kappa shape index (κ3) is 4.17. The van der Waals surface area contributed by atoms with Crippen molar-refractivity contribution in [2.75, 3.05) is 10.6 Å². The number of benzene rings is 2. The van der Waals surface area contributed by atoms with Crippen LogP contribution < -0.4 is 10.6 Å². The average molecular weight is 410 g/mol. The van der Waals surface area contributed by atoms with Crippen LogP contribution in [0.25, 0.3) is 0 Å². The maximum absolute atomic E-state index is 12.0. The van der Waals surface area contributed by atoms with E-state index in [1.165, 1.54) is 13.8 Å². The molecule has 2 aromatic carbocycles. The van der Waals surface area contributed by atoms with Gasteiger partial charge in [0.2, 0.25) is 11.8 Å². The zero-order valence-corrected chi connectivity index (χ0v) is 16.5. The summed E-state index contributed by atoms with van der Waals surface area (Å²) in [6.07, 6.45) is 0. The minimum absolute atomic E-state index is 0.235. The number of aliphatic carboxylic acids is 2. The van der Waals surface area contributed by atoms with Crippen LogP contribution in [0.3, 0.4) is 0 Å².